The smallest absolute Gasteiger partial charge is 0.317 e. The molecule has 212 valence electrons. The van der Waals surface area contributed by atoms with E-state index in [1.165, 1.54) is 12.8 Å². The van der Waals surface area contributed by atoms with Crippen LogP contribution < -0.4 is 20.3 Å². The minimum absolute atomic E-state index is 0.0834. The van der Waals surface area contributed by atoms with Crippen LogP contribution in [0.1, 0.15) is 51.0 Å². The zero-order chi connectivity index (χ0) is 27.3. The van der Waals surface area contributed by atoms with Gasteiger partial charge in [-0.1, -0.05) is 19.8 Å². The molecule has 0 bridgehead atoms. The van der Waals surface area contributed by atoms with Crippen molar-refractivity contribution in [1.82, 2.24) is 25.2 Å². The van der Waals surface area contributed by atoms with Gasteiger partial charge in [-0.05, 0) is 49.1 Å². The van der Waals surface area contributed by atoms with Crippen LogP contribution in [-0.4, -0.2) is 77.4 Å². The van der Waals surface area contributed by atoms with Gasteiger partial charge in [-0.3, -0.25) is 0 Å². The Hall–Kier alpha value is -3.66. The van der Waals surface area contributed by atoms with Crippen molar-refractivity contribution in [2.45, 2.75) is 64.0 Å². The number of urea groups is 1. The number of benzene rings is 1. The monoisotopic (exact) mass is 545 g/mol. The predicted octanol–water partition coefficient (Wildman–Crippen LogP) is 4.66. The van der Waals surface area contributed by atoms with E-state index in [2.05, 4.69) is 49.5 Å². The second-order valence-corrected chi connectivity index (χ2v) is 10.9. The van der Waals surface area contributed by atoms with Gasteiger partial charge in [0.1, 0.15) is 29.8 Å². The van der Waals surface area contributed by atoms with Crippen LogP contribution in [0, 0.1) is 0 Å². The quantitative estimate of drug-likeness (QED) is 0.442. The van der Waals surface area contributed by atoms with E-state index in [9.17, 15) is 4.79 Å². The summed E-state index contributed by atoms with van der Waals surface area (Å²) in [6.07, 6.45) is 10.7. The van der Waals surface area contributed by atoms with E-state index >= 15 is 0 Å². The lowest BCUT2D eigenvalue weighted by Crippen LogP contribution is -2.48. The molecule has 2 aliphatic heterocycles. The summed E-state index contributed by atoms with van der Waals surface area (Å²) in [5.74, 6) is 2.57. The maximum atomic E-state index is 12.6. The molecular formula is C30H39N7O3. The molecule has 2 N–H and O–H groups in total. The lowest BCUT2D eigenvalue weighted by molar-refractivity contribution is 0.109. The molecule has 0 atom stereocenters. The molecule has 3 aromatic rings. The fraction of sp³-hybridized carbons (Fsp3) is 0.533. The number of pyridine rings is 1. The van der Waals surface area contributed by atoms with E-state index in [0.717, 1.165) is 97.8 Å². The Kier molecular flexibility index (Phi) is 8.13. The molecule has 1 aromatic carbocycles. The van der Waals surface area contributed by atoms with Gasteiger partial charge in [-0.2, -0.15) is 0 Å². The molecule has 1 saturated carbocycles. The lowest BCUT2D eigenvalue weighted by atomic mass is 10.1. The van der Waals surface area contributed by atoms with Crippen molar-refractivity contribution in [2.75, 3.05) is 49.6 Å². The molecule has 10 heteroatoms. The lowest BCUT2D eigenvalue weighted by Gasteiger charge is -2.33. The Labute approximate surface area is 235 Å². The van der Waals surface area contributed by atoms with Gasteiger partial charge in [0.25, 0.3) is 0 Å². The van der Waals surface area contributed by atoms with Gasteiger partial charge in [0, 0.05) is 56.1 Å². The molecule has 1 aliphatic carbocycles. The highest BCUT2D eigenvalue weighted by molar-refractivity contribution is 5.92. The first-order valence-corrected chi connectivity index (χ1v) is 14.7. The van der Waals surface area contributed by atoms with E-state index in [1.807, 2.05) is 23.2 Å². The van der Waals surface area contributed by atoms with Crippen LogP contribution in [0.5, 0.6) is 5.75 Å². The number of nitrogens with one attached hydrogen (secondary N) is 2. The van der Waals surface area contributed by atoms with Crippen LogP contribution in [0.4, 0.5) is 22.1 Å². The molecule has 3 aliphatic rings. The number of fused-ring (bicyclic) bond motifs is 1. The summed E-state index contributed by atoms with van der Waals surface area (Å²) < 4.78 is 12.0. The summed E-state index contributed by atoms with van der Waals surface area (Å²) >= 11 is 0. The average Bonchev–Trinajstić information content (AvgIpc) is 3.52. The first kappa shape index (κ1) is 26.6. The third-order valence-corrected chi connectivity index (χ3v) is 8.25. The molecule has 3 fully saturated rings. The Morgan fingerprint density at radius 1 is 1.02 bits per heavy atom. The first-order valence-electron chi connectivity index (χ1n) is 14.7. The highest BCUT2D eigenvalue weighted by Gasteiger charge is 2.26. The number of likely N-dealkylation sites (tertiary alicyclic amines) is 1. The fourth-order valence-electron chi connectivity index (χ4n) is 5.89. The molecule has 0 unspecified atom stereocenters. The number of nitrogens with zero attached hydrogens (tertiary/aromatic N) is 5. The maximum Gasteiger partial charge on any atom is 0.317 e. The zero-order valence-corrected chi connectivity index (χ0v) is 23.3. The third kappa shape index (κ3) is 6.06. The number of carbonyl (C=O) groups excluding carboxylic acids is 1. The number of aryl methyl sites for hydroxylation is 1. The Bertz CT molecular complexity index is 1320. The van der Waals surface area contributed by atoms with Gasteiger partial charge in [0.05, 0.1) is 24.9 Å². The van der Waals surface area contributed by atoms with Crippen molar-refractivity contribution < 1.29 is 14.3 Å². The Morgan fingerprint density at radius 2 is 1.82 bits per heavy atom. The summed E-state index contributed by atoms with van der Waals surface area (Å²) in [5, 5.41) is 7.64. The first-order chi connectivity index (χ1) is 19.7. The minimum atomic E-state index is 0.0834. The van der Waals surface area contributed by atoms with Crippen molar-refractivity contribution >= 4 is 34.3 Å². The molecule has 0 radical (unpaired) electrons. The molecule has 0 spiro atoms. The van der Waals surface area contributed by atoms with E-state index < -0.39 is 0 Å². The Balaban J connectivity index is 1.10. The van der Waals surface area contributed by atoms with Crippen molar-refractivity contribution in [3.8, 4) is 5.75 Å². The van der Waals surface area contributed by atoms with Crippen LogP contribution >= 0.6 is 0 Å². The van der Waals surface area contributed by atoms with Crippen LogP contribution in [0.25, 0.3) is 10.9 Å². The number of rotatable bonds is 7. The van der Waals surface area contributed by atoms with Crippen molar-refractivity contribution in [2.24, 2.45) is 0 Å². The van der Waals surface area contributed by atoms with Gasteiger partial charge in [-0.25, -0.2) is 19.7 Å². The van der Waals surface area contributed by atoms with Crippen molar-refractivity contribution in [1.29, 1.82) is 0 Å². The van der Waals surface area contributed by atoms with Crippen LogP contribution in [0.15, 0.2) is 36.8 Å². The van der Waals surface area contributed by atoms with Crippen molar-refractivity contribution in [3.05, 3.63) is 42.4 Å². The van der Waals surface area contributed by atoms with Crippen molar-refractivity contribution in [3.63, 3.8) is 0 Å². The number of hydrogen-bond acceptors (Lipinski definition) is 8. The molecule has 6 rings (SSSR count). The molecule has 2 amide bonds. The number of ether oxygens (including phenoxy) is 2. The highest BCUT2D eigenvalue weighted by atomic mass is 16.5. The summed E-state index contributed by atoms with van der Waals surface area (Å²) in [7, 11) is 0. The highest BCUT2D eigenvalue weighted by Crippen LogP contribution is 2.30. The standard InChI is InChI=1S/C30H39N7O3/c1-2-21-17-23(34-29-25-18-28(36-13-15-39-16-14-36)31-19-26(25)32-20-33-29)7-8-27(21)40-24-9-11-37(12-10-24)30(38)35-22-5-3-4-6-22/h7-8,17-20,22,24H,2-6,9-16H2,1H3,(H,35,38)(H,32,33,34). The maximum absolute atomic E-state index is 12.6. The minimum Gasteiger partial charge on any atom is -0.490 e. The van der Waals surface area contributed by atoms with Gasteiger partial charge >= 0.3 is 6.03 Å². The predicted molar refractivity (Wildman–Crippen MR) is 155 cm³/mol. The molecular weight excluding hydrogens is 506 g/mol. The second-order valence-electron chi connectivity index (χ2n) is 10.9. The topological polar surface area (TPSA) is 105 Å². The van der Waals surface area contributed by atoms with E-state index in [4.69, 9.17) is 9.47 Å². The number of piperidine rings is 1. The number of hydrogen-bond donors (Lipinski definition) is 2. The molecule has 2 saturated heterocycles. The molecule has 40 heavy (non-hydrogen) atoms. The van der Waals surface area contributed by atoms with Gasteiger partial charge in [0.2, 0.25) is 0 Å². The normalized spacial score (nSPS) is 18.7. The van der Waals surface area contributed by atoms with Crippen LogP contribution in [0.3, 0.4) is 0 Å². The van der Waals surface area contributed by atoms with E-state index in [0.29, 0.717) is 19.3 Å². The number of carbonyl (C=O) groups is 1. The molecule has 4 heterocycles. The van der Waals surface area contributed by atoms with Gasteiger partial charge in [-0.15, -0.1) is 0 Å². The SMILES string of the molecule is CCc1cc(Nc2ncnc3cnc(N4CCOCC4)cc23)ccc1OC1CCN(C(=O)NC2CCCC2)CC1. The van der Waals surface area contributed by atoms with Crippen LogP contribution in [0.2, 0.25) is 0 Å². The largest absolute Gasteiger partial charge is 0.490 e. The Morgan fingerprint density at radius 3 is 2.60 bits per heavy atom. The van der Waals surface area contributed by atoms with Gasteiger partial charge < -0.3 is 29.9 Å². The number of aromatic nitrogens is 3. The number of morpholine rings is 1. The zero-order valence-electron chi connectivity index (χ0n) is 23.3. The summed E-state index contributed by atoms with van der Waals surface area (Å²) in [6, 6.07) is 8.71. The number of amides is 2. The second kappa shape index (κ2) is 12.2. The van der Waals surface area contributed by atoms with Gasteiger partial charge in [0.15, 0.2) is 0 Å². The summed E-state index contributed by atoms with van der Waals surface area (Å²) in [6.45, 7) is 6.66. The number of anilines is 3. The third-order valence-electron chi connectivity index (χ3n) is 8.25. The summed E-state index contributed by atoms with van der Waals surface area (Å²) in [4.78, 5) is 30.4. The van der Waals surface area contributed by atoms with E-state index in [-0.39, 0.29) is 12.1 Å². The molecule has 10 nitrogen and oxygen atoms in total. The average molecular weight is 546 g/mol. The van der Waals surface area contributed by atoms with E-state index in [1.54, 1.807) is 6.33 Å². The van der Waals surface area contributed by atoms with Crippen LogP contribution in [-0.2, 0) is 11.2 Å². The fourth-order valence-corrected chi connectivity index (χ4v) is 5.89. The summed E-state index contributed by atoms with van der Waals surface area (Å²) in [5.41, 5.74) is 2.89. The molecule has 2 aromatic heterocycles.